The number of carboxylic acids is 1. The van der Waals surface area contributed by atoms with Gasteiger partial charge in [-0.05, 0) is 31.0 Å². The highest BCUT2D eigenvalue weighted by Gasteiger charge is 2.44. The van der Waals surface area contributed by atoms with E-state index in [1.165, 1.54) is 0 Å². The van der Waals surface area contributed by atoms with Gasteiger partial charge in [0, 0.05) is 12.1 Å². The number of hydrogen-bond donors (Lipinski definition) is 3. The standard InChI is InChI=1S/C13H14N4O3/c18-11(14-7-13(12(19)20)4-1-5-13)8-2-3-9-10(6-8)16-17-15-9/h2-3,6H,1,4-5,7H2,(H,14,18)(H,19,20)(H,15,16,17). The molecule has 0 saturated heterocycles. The quantitative estimate of drug-likeness (QED) is 0.769. The number of aromatic amines is 1. The lowest BCUT2D eigenvalue weighted by Crippen LogP contribution is -2.47. The second-order valence-electron chi connectivity index (χ2n) is 5.15. The SMILES string of the molecule is O=C(NCC1(C(=O)O)CCC1)c1ccc2n[nH]nc2c1. The number of carbonyl (C=O) groups excluding carboxylic acids is 1. The Morgan fingerprint density at radius 2 is 2.05 bits per heavy atom. The predicted molar refractivity (Wildman–Crippen MR) is 70.1 cm³/mol. The van der Waals surface area contributed by atoms with Crippen molar-refractivity contribution in [2.45, 2.75) is 19.3 Å². The summed E-state index contributed by atoms with van der Waals surface area (Å²) in [5.74, 6) is -1.13. The largest absolute Gasteiger partial charge is 0.481 e. The molecule has 104 valence electrons. The fourth-order valence-electron chi connectivity index (χ4n) is 2.40. The molecule has 1 heterocycles. The van der Waals surface area contributed by atoms with E-state index < -0.39 is 11.4 Å². The van der Waals surface area contributed by atoms with Gasteiger partial charge in [-0.2, -0.15) is 15.4 Å². The molecule has 3 rings (SSSR count). The number of rotatable bonds is 4. The van der Waals surface area contributed by atoms with Crippen LogP contribution in [0.1, 0.15) is 29.6 Å². The van der Waals surface area contributed by atoms with Crippen molar-refractivity contribution in [2.24, 2.45) is 5.41 Å². The Morgan fingerprint density at radius 3 is 2.70 bits per heavy atom. The second-order valence-corrected chi connectivity index (χ2v) is 5.15. The van der Waals surface area contributed by atoms with Crippen LogP contribution in [0.3, 0.4) is 0 Å². The highest BCUT2D eigenvalue weighted by molar-refractivity contribution is 5.97. The Hall–Kier alpha value is -2.44. The first-order valence-corrected chi connectivity index (χ1v) is 6.43. The second kappa shape index (κ2) is 4.59. The van der Waals surface area contributed by atoms with Crippen molar-refractivity contribution in [1.29, 1.82) is 0 Å². The molecule has 1 aliphatic rings. The average Bonchev–Trinajstić information content (AvgIpc) is 2.83. The van der Waals surface area contributed by atoms with E-state index in [1.807, 2.05) is 0 Å². The molecule has 0 unspecified atom stereocenters. The van der Waals surface area contributed by atoms with Crippen LogP contribution in [0.2, 0.25) is 0 Å². The van der Waals surface area contributed by atoms with Gasteiger partial charge in [0.15, 0.2) is 0 Å². The van der Waals surface area contributed by atoms with Gasteiger partial charge < -0.3 is 10.4 Å². The summed E-state index contributed by atoms with van der Waals surface area (Å²) in [5.41, 5.74) is 0.955. The van der Waals surface area contributed by atoms with E-state index >= 15 is 0 Å². The van der Waals surface area contributed by atoms with Crippen molar-refractivity contribution >= 4 is 22.9 Å². The van der Waals surface area contributed by atoms with Crippen molar-refractivity contribution in [2.75, 3.05) is 6.54 Å². The molecule has 1 aromatic carbocycles. The zero-order chi connectivity index (χ0) is 14.2. The van der Waals surface area contributed by atoms with E-state index in [0.29, 0.717) is 29.4 Å². The number of nitrogens with zero attached hydrogens (tertiary/aromatic N) is 2. The number of nitrogens with one attached hydrogen (secondary N) is 2. The summed E-state index contributed by atoms with van der Waals surface area (Å²) < 4.78 is 0. The number of benzene rings is 1. The summed E-state index contributed by atoms with van der Waals surface area (Å²) in [6.07, 6.45) is 2.13. The molecule has 2 aromatic rings. The minimum atomic E-state index is -0.837. The highest BCUT2D eigenvalue weighted by atomic mass is 16.4. The summed E-state index contributed by atoms with van der Waals surface area (Å²) in [4.78, 5) is 23.3. The Balaban J connectivity index is 1.71. The molecule has 1 amide bonds. The molecule has 1 aliphatic carbocycles. The summed E-state index contributed by atoms with van der Waals surface area (Å²) in [5, 5.41) is 22.2. The van der Waals surface area contributed by atoms with Crippen LogP contribution in [-0.4, -0.2) is 38.9 Å². The Bertz CT molecular complexity index is 675. The first-order chi connectivity index (χ1) is 9.61. The summed E-state index contributed by atoms with van der Waals surface area (Å²) in [6.45, 7) is 0.165. The molecule has 0 atom stereocenters. The number of aromatic nitrogens is 3. The maximum absolute atomic E-state index is 12.1. The molecule has 1 saturated carbocycles. The monoisotopic (exact) mass is 274 g/mol. The molecular weight excluding hydrogens is 260 g/mol. The molecule has 7 nitrogen and oxygen atoms in total. The normalized spacial score (nSPS) is 16.6. The van der Waals surface area contributed by atoms with Gasteiger partial charge in [-0.1, -0.05) is 6.42 Å². The van der Waals surface area contributed by atoms with E-state index in [4.69, 9.17) is 0 Å². The zero-order valence-electron chi connectivity index (χ0n) is 10.7. The van der Waals surface area contributed by atoms with E-state index in [-0.39, 0.29) is 12.5 Å². The van der Waals surface area contributed by atoms with Crippen molar-refractivity contribution in [1.82, 2.24) is 20.7 Å². The van der Waals surface area contributed by atoms with Crippen LogP contribution >= 0.6 is 0 Å². The summed E-state index contributed by atoms with van der Waals surface area (Å²) >= 11 is 0. The molecule has 7 heteroatoms. The van der Waals surface area contributed by atoms with E-state index in [0.717, 1.165) is 6.42 Å². The van der Waals surface area contributed by atoms with Gasteiger partial charge in [-0.25, -0.2) is 0 Å². The number of carboxylic acid groups (broad SMARTS) is 1. The van der Waals surface area contributed by atoms with Gasteiger partial charge in [-0.15, -0.1) is 0 Å². The molecule has 20 heavy (non-hydrogen) atoms. The van der Waals surface area contributed by atoms with E-state index in [9.17, 15) is 14.7 Å². The van der Waals surface area contributed by atoms with Gasteiger partial charge in [0.1, 0.15) is 11.0 Å². The van der Waals surface area contributed by atoms with Crippen LogP contribution in [0, 0.1) is 5.41 Å². The lowest BCUT2D eigenvalue weighted by atomic mass is 9.69. The van der Waals surface area contributed by atoms with Crippen LogP contribution in [-0.2, 0) is 4.79 Å². The smallest absolute Gasteiger partial charge is 0.311 e. The third-order valence-corrected chi connectivity index (χ3v) is 3.93. The van der Waals surface area contributed by atoms with E-state index in [1.54, 1.807) is 18.2 Å². The first kappa shape index (κ1) is 12.6. The number of hydrogen-bond acceptors (Lipinski definition) is 4. The maximum Gasteiger partial charge on any atom is 0.311 e. The fourth-order valence-corrected chi connectivity index (χ4v) is 2.40. The zero-order valence-corrected chi connectivity index (χ0v) is 10.7. The van der Waals surface area contributed by atoms with Crippen LogP contribution in [0.4, 0.5) is 0 Å². The number of aliphatic carboxylic acids is 1. The van der Waals surface area contributed by atoms with Gasteiger partial charge in [0.05, 0.1) is 5.41 Å². The fraction of sp³-hybridized carbons (Fsp3) is 0.385. The lowest BCUT2D eigenvalue weighted by Gasteiger charge is -2.37. The number of fused-ring (bicyclic) bond motifs is 1. The van der Waals surface area contributed by atoms with E-state index in [2.05, 4.69) is 20.7 Å². The number of carbonyl (C=O) groups is 2. The maximum atomic E-state index is 12.1. The van der Waals surface area contributed by atoms with Crippen LogP contribution in [0.25, 0.3) is 11.0 Å². The number of amides is 1. The number of H-pyrrole nitrogens is 1. The third kappa shape index (κ3) is 2.01. The Morgan fingerprint density at radius 1 is 1.30 bits per heavy atom. The summed E-state index contributed by atoms with van der Waals surface area (Å²) in [7, 11) is 0. The van der Waals surface area contributed by atoms with Crippen molar-refractivity contribution in [3.8, 4) is 0 Å². The molecule has 0 bridgehead atoms. The molecule has 0 radical (unpaired) electrons. The molecule has 0 aliphatic heterocycles. The van der Waals surface area contributed by atoms with Crippen LogP contribution in [0.5, 0.6) is 0 Å². The van der Waals surface area contributed by atoms with Gasteiger partial charge >= 0.3 is 5.97 Å². The van der Waals surface area contributed by atoms with Crippen LogP contribution < -0.4 is 5.32 Å². The molecule has 1 fully saturated rings. The van der Waals surface area contributed by atoms with Crippen molar-refractivity contribution in [3.63, 3.8) is 0 Å². The minimum absolute atomic E-state index is 0.165. The first-order valence-electron chi connectivity index (χ1n) is 6.43. The minimum Gasteiger partial charge on any atom is -0.481 e. The predicted octanol–water partition coefficient (Wildman–Crippen LogP) is 0.943. The molecule has 1 aromatic heterocycles. The van der Waals surface area contributed by atoms with Gasteiger partial charge in [0.2, 0.25) is 0 Å². The third-order valence-electron chi connectivity index (χ3n) is 3.93. The highest BCUT2D eigenvalue weighted by Crippen LogP contribution is 2.40. The average molecular weight is 274 g/mol. The molecule has 3 N–H and O–H groups in total. The topological polar surface area (TPSA) is 108 Å². The van der Waals surface area contributed by atoms with Crippen molar-refractivity contribution < 1.29 is 14.7 Å². The molecule has 0 spiro atoms. The van der Waals surface area contributed by atoms with Gasteiger partial charge in [0.25, 0.3) is 5.91 Å². The molecular formula is C13H14N4O3. The Labute approximate surface area is 114 Å². The van der Waals surface area contributed by atoms with Gasteiger partial charge in [-0.3, -0.25) is 9.59 Å². The lowest BCUT2D eigenvalue weighted by molar-refractivity contribution is -0.153. The Kier molecular flexibility index (Phi) is 2.89. The van der Waals surface area contributed by atoms with Crippen LogP contribution in [0.15, 0.2) is 18.2 Å². The summed E-state index contributed by atoms with van der Waals surface area (Å²) in [6, 6.07) is 4.97. The van der Waals surface area contributed by atoms with Crippen molar-refractivity contribution in [3.05, 3.63) is 23.8 Å².